The lowest BCUT2D eigenvalue weighted by atomic mass is 9.75. The summed E-state index contributed by atoms with van der Waals surface area (Å²) in [6.07, 6.45) is 11.9. The summed E-state index contributed by atoms with van der Waals surface area (Å²) in [7, 11) is 0. The van der Waals surface area contributed by atoms with Crippen LogP contribution in [0.1, 0.15) is 74.0 Å². The normalized spacial score (nSPS) is 23.9. The van der Waals surface area contributed by atoms with Crippen LogP contribution in [0.5, 0.6) is 0 Å². The smallest absolute Gasteiger partial charge is 0.340 e. The van der Waals surface area contributed by atoms with E-state index in [4.69, 9.17) is 9.15 Å². The fourth-order valence-corrected chi connectivity index (χ4v) is 4.94. The van der Waals surface area contributed by atoms with Crippen molar-refractivity contribution in [1.29, 1.82) is 0 Å². The molecule has 2 N–H and O–H groups in total. The van der Waals surface area contributed by atoms with E-state index in [0.717, 1.165) is 11.1 Å². The summed E-state index contributed by atoms with van der Waals surface area (Å²) in [6.45, 7) is 3.90. The number of ether oxygens (including phenoxy) is 1. The summed E-state index contributed by atoms with van der Waals surface area (Å²) >= 11 is 0. The van der Waals surface area contributed by atoms with E-state index in [0.29, 0.717) is 23.7 Å². The number of nitrogens with one attached hydrogen (secondary N) is 1. The van der Waals surface area contributed by atoms with Crippen LogP contribution >= 0.6 is 0 Å². The summed E-state index contributed by atoms with van der Waals surface area (Å²) in [5.74, 6) is 0.955. The zero-order valence-corrected chi connectivity index (χ0v) is 17.8. The van der Waals surface area contributed by atoms with Crippen LogP contribution in [0.3, 0.4) is 0 Å². The minimum Gasteiger partial charge on any atom is -0.492 e. The van der Waals surface area contributed by atoms with Crippen LogP contribution in [0, 0.1) is 18.8 Å². The molecule has 3 unspecified atom stereocenters. The maximum Gasteiger partial charge on any atom is 0.340 e. The van der Waals surface area contributed by atoms with Crippen LogP contribution < -0.4 is 10.9 Å². The number of carbonyl (C=O) groups excluding carboxylic acids is 1. The van der Waals surface area contributed by atoms with Crippen LogP contribution in [-0.4, -0.2) is 23.7 Å². The topological polar surface area (TPSA) is 88.8 Å². The van der Waals surface area contributed by atoms with E-state index < -0.39 is 11.7 Å². The summed E-state index contributed by atoms with van der Waals surface area (Å²) in [4.78, 5) is 24.9. The number of hydrogen-bond acceptors (Lipinski definition) is 5. The standard InChI is InChI=1S/C24H31NO5/c1-3-16(26)12-25-21(27)11-18-14(2)22-20(30-24(18)28)10-9-17-19(13-29-23(17)22)15-7-5-4-6-8-15/h9-10,13,15-17,23,26H,3-8,11-12H2,1-2H3,(H,25,27). The van der Waals surface area contributed by atoms with Crippen LogP contribution in [-0.2, 0) is 16.0 Å². The Morgan fingerprint density at radius 2 is 2.07 bits per heavy atom. The third-order valence-electron chi connectivity index (χ3n) is 6.79. The average Bonchev–Trinajstić information content (AvgIpc) is 3.19. The van der Waals surface area contributed by atoms with Crippen LogP contribution in [0.4, 0.5) is 0 Å². The predicted molar refractivity (Wildman–Crippen MR) is 114 cm³/mol. The van der Waals surface area contributed by atoms with Gasteiger partial charge in [0.05, 0.1) is 24.4 Å². The Kier molecular flexibility index (Phi) is 6.14. The van der Waals surface area contributed by atoms with Crippen LogP contribution in [0.2, 0.25) is 0 Å². The average molecular weight is 414 g/mol. The Hall–Kier alpha value is -2.34. The zero-order valence-electron chi connectivity index (χ0n) is 17.8. The molecular weight excluding hydrogens is 382 g/mol. The van der Waals surface area contributed by atoms with E-state index >= 15 is 0 Å². The Morgan fingerprint density at radius 1 is 1.30 bits per heavy atom. The highest BCUT2D eigenvalue weighted by molar-refractivity contribution is 5.79. The molecule has 1 aliphatic heterocycles. The van der Waals surface area contributed by atoms with Gasteiger partial charge in [0.25, 0.3) is 0 Å². The molecule has 0 bridgehead atoms. The van der Waals surface area contributed by atoms with Gasteiger partial charge in [-0.2, -0.15) is 0 Å². The second-order valence-corrected chi connectivity index (χ2v) is 8.71. The molecule has 6 heteroatoms. The van der Waals surface area contributed by atoms with Crippen molar-refractivity contribution in [3.05, 3.63) is 50.8 Å². The molecule has 4 rings (SSSR count). The first-order valence-electron chi connectivity index (χ1n) is 11.1. The second kappa shape index (κ2) is 8.80. The molecular formula is C24H31NO5. The van der Waals surface area contributed by atoms with E-state index in [-0.39, 0.29) is 30.9 Å². The number of aliphatic hydroxyl groups is 1. The van der Waals surface area contributed by atoms with Gasteiger partial charge in [-0.05, 0) is 49.3 Å². The molecule has 162 valence electrons. The number of hydrogen-bond donors (Lipinski definition) is 2. The van der Waals surface area contributed by atoms with Crippen molar-refractivity contribution in [3.63, 3.8) is 0 Å². The van der Waals surface area contributed by atoms with Crippen molar-refractivity contribution in [2.45, 2.75) is 71.0 Å². The minimum atomic E-state index is -0.586. The first-order valence-corrected chi connectivity index (χ1v) is 11.1. The molecule has 6 nitrogen and oxygen atoms in total. The number of carbonyl (C=O) groups is 1. The highest BCUT2D eigenvalue weighted by atomic mass is 16.5. The molecule has 0 aromatic carbocycles. The molecule has 3 aliphatic rings. The maximum atomic E-state index is 12.6. The molecule has 1 fully saturated rings. The quantitative estimate of drug-likeness (QED) is 0.744. The summed E-state index contributed by atoms with van der Waals surface area (Å²) in [5.41, 5.74) is 2.87. The molecule has 1 saturated carbocycles. The third kappa shape index (κ3) is 3.97. The fourth-order valence-electron chi connectivity index (χ4n) is 4.94. The lowest BCUT2D eigenvalue weighted by Gasteiger charge is -2.29. The minimum absolute atomic E-state index is 0.0676. The zero-order chi connectivity index (χ0) is 21.3. The van der Waals surface area contributed by atoms with Crippen molar-refractivity contribution >= 4 is 12.0 Å². The van der Waals surface area contributed by atoms with Crippen LogP contribution in [0.25, 0.3) is 6.08 Å². The van der Waals surface area contributed by atoms with E-state index in [1.807, 2.05) is 26.2 Å². The molecule has 1 aromatic heterocycles. The molecule has 2 aliphatic carbocycles. The van der Waals surface area contributed by atoms with Gasteiger partial charge in [-0.3, -0.25) is 4.79 Å². The number of aliphatic hydroxyl groups excluding tert-OH is 1. The van der Waals surface area contributed by atoms with Crippen molar-refractivity contribution in [2.24, 2.45) is 11.8 Å². The van der Waals surface area contributed by atoms with Crippen molar-refractivity contribution < 1.29 is 19.1 Å². The Labute approximate surface area is 177 Å². The van der Waals surface area contributed by atoms with Crippen LogP contribution in [0.15, 0.2) is 27.1 Å². The molecule has 1 aromatic rings. The number of amides is 1. The highest BCUT2D eigenvalue weighted by Gasteiger charge is 2.40. The van der Waals surface area contributed by atoms with Gasteiger partial charge in [-0.1, -0.05) is 32.3 Å². The largest absolute Gasteiger partial charge is 0.492 e. The second-order valence-electron chi connectivity index (χ2n) is 8.71. The summed E-state index contributed by atoms with van der Waals surface area (Å²) in [6, 6.07) is 0. The van der Waals surface area contributed by atoms with Gasteiger partial charge < -0.3 is 19.6 Å². The summed E-state index contributed by atoms with van der Waals surface area (Å²) in [5, 5.41) is 12.3. The van der Waals surface area contributed by atoms with Crippen molar-refractivity contribution in [1.82, 2.24) is 5.32 Å². The molecule has 30 heavy (non-hydrogen) atoms. The summed E-state index contributed by atoms with van der Waals surface area (Å²) < 4.78 is 11.7. The predicted octanol–water partition coefficient (Wildman–Crippen LogP) is 3.56. The molecule has 1 amide bonds. The first-order chi connectivity index (χ1) is 14.5. The number of rotatable bonds is 6. The maximum absolute atomic E-state index is 12.6. The third-order valence-corrected chi connectivity index (χ3v) is 6.79. The van der Waals surface area contributed by atoms with E-state index in [9.17, 15) is 14.7 Å². The lowest BCUT2D eigenvalue weighted by molar-refractivity contribution is -0.120. The molecule has 3 atom stereocenters. The van der Waals surface area contributed by atoms with Gasteiger partial charge in [0, 0.05) is 18.0 Å². The Bertz CT molecular complexity index is 922. The van der Waals surface area contributed by atoms with E-state index in [1.54, 1.807) is 0 Å². The number of fused-ring (bicyclic) bond motifs is 3. The molecule has 0 saturated heterocycles. The highest BCUT2D eigenvalue weighted by Crippen LogP contribution is 2.49. The van der Waals surface area contributed by atoms with Gasteiger partial charge in [-0.15, -0.1) is 0 Å². The molecule has 0 radical (unpaired) electrons. The molecule has 2 heterocycles. The lowest BCUT2D eigenvalue weighted by Crippen LogP contribution is -2.34. The van der Waals surface area contributed by atoms with E-state index in [1.165, 1.54) is 37.7 Å². The van der Waals surface area contributed by atoms with Crippen molar-refractivity contribution in [2.75, 3.05) is 6.54 Å². The SMILES string of the molecule is CCC(O)CNC(=O)Cc1c(C)c2c(oc1=O)C=CC1C(C3CCCCC3)=COC21. The molecule has 0 spiro atoms. The van der Waals surface area contributed by atoms with Gasteiger partial charge >= 0.3 is 5.63 Å². The van der Waals surface area contributed by atoms with E-state index in [2.05, 4.69) is 11.4 Å². The Morgan fingerprint density at radius 3 is 2.80 bits per heavy atom. The first kappa shape index (κ1) is 20.9. The monoisotopic (exact) mass is 413 g/mol. The van der Waals surface area contributed by atoms with Gasteiger partial charge in [0.1, 0.15) is 11.9 Å². The van der Waals surface area contributed by atoms with Gasteiger partial charge in [0.15, 0.2) is 0 Å². The fraction of sp³-hybridized carbons (Fsp3) is 0.583. The van der Waals surface area contributed by atoms with Gasteiger partial charge in [-0.25, -0.2) is 4.79 Å². The van der Waals surface area contributed by atoms with Gasteiger partial charge in [0.2, 0.25) is 5.91 Å². The Balaban J connectivity index is 1.56. The van der Waals surface area contributed by atoms with Crippen molar-refractivity contribution in [3.8, 4) is 0 Å².